The first-order chi connectivity index (χ1) is 11.5. The number of carboxylic acids is 1. The molecule has 0 atom stereocenters. The average molecular weight is 385 g/mol. The summed E-state index contributed by atoms with van der Waals surface area (Å²) in [4.78, 5) is 28.1. The van der Waals surface area contributed by atoms with Crippen molar-refractivity contribution >= 4 is 45.0 Å². The Kier molecular flexibility index (Phi) is 4.57. The summed E-state index contributed by atoms with van der Waals surface area (Å²) in [6.45, 7) is -0.434. The predicted octanol–water partition coefficient (Wildman–Crippen LogP) is 3.41. The van der Waals surface area contributed by atoms with Crippen LogP contribution < -0.4 is 5.56 Å². The van der Waals surface area contributed by atoms with Gasteiger partial charge in [-0.25, -0.2) is 4.98 Å². The second-order valence-corrected chi connectivity index (χ2v) is 6.07. The van der Waals surface area contributed by atoms with Gasteiger partial charge in [0, 0.05) is 4.47 Å². The minimum atomic E-state index is -1.09. The third-order valence-corrected chi connectivity index (χ3v) is 4.01. The lowest BCUT2D eigenvalue weighted by molar-refractivity contribution is -0.137. The van der Waals surface area contributed by atoms with Crippen LogP contribution in [0.25, 0.3) is 23.1 Å². The van der Waals surface area contributed by atoms with Gasteiger partial charge in [-0.05, 0) is 35.9 Å². The highest BCUT2D eigenvalue weighted by atomic mass is 79.9. The van der Waals surface area contributed by atoms with E-state index < -0.39 is 12.5 Å². The van der Waals surface area contributed by atoms with Crippen molar-refractivity contribution in [3.8, 4) is 0 Å². The minimum absolute atomic E-state index is 0.309. The van der Waals surface area contributed by atoms with Crippen molar-refractivity contribution in [2.45, 2.75) is 6.54 Å². The number of fused-ring (bicyclic) bond motifs is 1. The molecule has 0 saturated carbocycles. The first-order valence-electron chi connectivity index (χ1n) is 7.19. The SMILES string of the molecule is O=C(O)Cn1c(C=Cc2ccc(Br)cc2)nc2ccccc2c1=O. The Morgan fingerprint density at radius 2 is 1.83 bits per heavy atom. The van der Waals surface area contributed by atoms with Crippen LogP contribution in [0.5, 0.6) is 0 Å². The zero-order valence-electron chi connectivity index (χ0n) is 12.5. The van der Waals surface area contributed by atoms with Crippen LogP contribution in [0.4, 0.5) is 0 Å². The molecular weight excluding hydrogens is 372 g/mol. The third-order valence-electron chi connectivity index (χ3n) is 3.48. The van der Waals surface area contributed by atoms with E-state index in [4.69, 9.17) is 5.11 Å². The molecule has 0 saturated heterocycles. The average Bonchev–Trinajstić information content (AvgIpc) is 2.57. The van der Waals surface area contributed by atoms with E-state index in [1.807, 2.05) is 24.3 Å². The Bertz CT molecular complexity index is 991. The number of aliphatic carboxylic acids is 1. The lowest BCUT2D eigenvalue weighted by atomic mass is 10.2. The molecular formula is C18H13BrN2O3. The molecule has 0 radical (unpaired) electrons. The Balaban J connectivity index is 2.12. The van der Waals surface area contributed by atoms with Crippen molar-refractivity contribution in [2.75, 3.05) is 0 Å². The number of carbonyl (C=O) groups is 1. The standard InChI is InChI=1S/C18H13BrN2O3/c19-13-8-5-12(6-9-13)7-10-16-20-15-4-2-1-3-14(15)18(24)21(16)11-17(22)23/h1-10H,11H2,(H,22,23). The highest BCUT2D eigenvalue weighted by molar-refractivity contribution is 9.10. The predicted molar refractivity (Wildman–Crippen MR) is 96.7 cm³/mol. The molecule has 3 aromatic rings. The van der Waals surface area contributed by atoms with Crippen LogP contribution in [0.1, 0.15) is 11.4 Å². The van der Waals surface area contributed by atoms with Gasteiger partial charge in [0.2, 0.25) is 0 Å². The number of para-hydroxylation sites is 1. The van der Waals surface area contributed by atoms with Gasteiger partial charge in [-0.1, -0.05) is 46.3 Å². The number of hydrogen-bond acceptors (Lipinski definition) is 3. The molecule has 1 N–H and O–H groups in total. The molecule has 120 valence electrons. The smallest absolute Gasteiger partial charge is 0.323 e. The van der Waals surface area contributed by atoms with E-state index in [2.05, 4.69) is 20.9 Å². The molecule has 6 heteroatoms. The molecule has 0 aliphatic heterocycles. The number of hydrogen-bond donors (Lipinski definition) is 1. The maximum atomic E-state index is 12.6. The van der Waals surface area contributed by atoms with Crippen LogP contribution >= 0.6 is 15.9 Å². The molecule has 2 aromatic carbocycles. The molecule has 0 bridgehead atoms. The van der Waals surface area contributed by atoms with Gasteiger partial charge in [0.15, 0.2) is 0 Å². The van der Waals surface area contributed by atoms with E-state index >= 15 is 0 Å². The van der Waals surface area contributed by atoms with E-state index in [9.17, 15) is 9.59 Å². The van der Waals surface area contributed by atoms with Crippen molar-refractivity contribution in [3.63, 3.8) is 0 Å². The molecule has 0 aliphatic carbocycles. The number of carboxylic acid groups (broad SMARTS) is 1. The molecule has 0 unspecified atom stereocenters. The van der Waals surface area contributed by atoms with E-state index in [0.29, 0.717) is 16.7 Å². The number of rotatable bonds is 4. The van der Waals surface area contributed by atoms with Crippen molar-refractivity contribution in [1.29, 1.82) is 0 Å². The normalized spacial score (nSPS) is 11.2. The van der Waals surface area contributed by atoms with Gasteiger partial charge >= 0.3 is 5.97 Å². The largest absolute Gasteiger partial charge is 0.480 e. The van der Waals surface area contributed by atoms with E-state index in [1.165, 1.54) is 4.57 Å². The van der Waals surface area contributed by atoms with E-state index in [0.717, 1.165) is 10.0 Å². The van der Waals surface area contributed by atoms with Crippen LogP contribution in [0.3, 0.4) is 0 Å². The molecule has 0 fully saturated rings. The maximum Gasteiger partial charge on any atom is 0.323 e. The first-order valence-corrected chi connectivity index (χ1v) is 7.99. The lowest BCUT2D eigenvalue weighted by Gasteiger charge is -2.08. The molecule has 1 aromatic heterocycles. The van der Waals surface area contributed by atoms with Crippen LogP contribution in [0.15, 0.2) is 57.8 Å². The Morgan fingerprint density at radius 1 is 1.12 bits per heavy atom. The molecule has 0 amide bonds. The minimum Gasteiger partial charge on any atom is -0.480 e. The quantitative estimate of drug-likeness (QED) is 0.747. The zero-order valence-corrected chi connectivity index (χ0v) is 14.1. The van der Waals surface area contributed by atoms with Gasteiger partial charge in [0.25, 0.3) is 5.56 Å². The summed E-state index contributed by atoms with van der Waals surface area (Å²) in [5.74, 6) is -0.781. The van der Waals surface area contributed by atoms with E-state index in [-0.39, 0.29) is 5.56 Å². The second kappa shape index (κ2) is 6.80. The monoisotopic (exact) mass is 384 g/mol. The molecule has 0 spiro atoms. The summed E-state index contributed by atoms with van der Waals surface area (Å²) in [5, 5.41) is 9.49. The Hall–Kier alpha value is -2.73. The van der Waals surface area contributed by atoms with Crippen molar-refractivity contribution < 1.29 is 9.90 Å². The lowest BCUT2D eigenvalue weighted by Crippen LogP contribution is -2.27. The summed E-state index contributed by atoms with van der Waals surface area (Å²) in [6.07, 6.45) is 3.45. The first kappa shape index (κ1) is 16.1. The van der Waals surface area contributed by atoms with Gasteiger partial charge in [0.05, 0.1) is 10.9 Å². The van der Waals surface area contributed by atoms with Crippen LogP contribution in [-0.2, 0) is 11.3 Å². The topological polar surface area (TPSA) is 72.2 Å². The number of halogens is 1. The van der Waals surface area contributed by atoms with E-state index in [1.54, 1.807) is 36.4 Å². The second-order valence-electron chi connectivity index (χ2n) is 5.16. The highest BCUT2D eigenvalue weighted by Crippen LogP contribution is 2.14. The fourth-order valence-electron chi connectivity index (χ4n) is 2.35. The van der Waals surface area contributed by atoms with Gasteiger partial charge in [-0.3, -0.25) is 14.2 Å². The molecule has 0 aliphatic rings. The molecule has 1 heterocycles. The van der Waals surface area contributed by atoms with Crippen LogP contribution in [-0.4, -0.2) is 20.6 Å². The zero-order chi connectivity index (χ0) is 17.1. The third kappa shape index (κ3) is 3.44. The Labute approximate surface area is 146 Å². The van der Waals surface area contributed by atoms with Crippen molar-refractivity contribution in [3.05, 3.63) is 74.7 Å². The summed E-state index contributed by atoms with van der Waals surface area (Å²) in [7, 11) is 0. The Morgan fingerprint density at radius 3 is 2.54 bits per heavy atom. The number of nitrogens with zero attached hydrogens (tertiary/aromatic N) is 2. The number of benzene rings is 2. The van der Waals surface area contributed by atoms with Crippen molar-refractivity contribution in [1.82, 2.24) is 9.55 Å². The maximum absolute atomic E-state index is 12.6. The van der Waals surface area contributed by atoms with Gasteiger partial charge < -0.3 is 5.11 Å². The molecule has 3 rings (SSSR count). The van der Waals surface area contributed by atoms with Gasteiger partial charge in [-0.2, -0.15) is 0 Å². The molecule has 5 nitrogen and oxygen atoms in total. The summed E-state index contributed by atoms with van der Waals surface area (Å²) < 4.78 is 2.13. The summed E-state index contributed by atoms with van der Waals surface area (Å²) in [6, 6.07) is 14.5. The fraction of sp³-hybridized carbons (Fsp3) is 0.0556. The fourth-order valence-corrected chi connectivity index (χ4v) is 2.61. The van der Waals surface area contributed by atoms with Crippen molar-refractivity contribution in [2.24, 2.45) is 0 Å². The van der Waals surface area contributed by atoms with Crippen LogP contribution in [0.2, 0.25) is 0 Å². The van der Waals surface area contributed by atoms with Crippen LogP contribution in [0, 0.1) is 0 Å². The summed E-state index contributed by atoms with van der Waals surface area (Å²) >= 11 is 3.37. The van der Waals surface area contributed by atoms with Gasteiger partial charge in [-0.15, -0.1) is 0 Å². The van der Waals surface area contributed by atoms with Gasteiger partial charge in [0.1, 0.15) is 12.4 Å². The molecule has 24 heavy (non-hydrogen) atoms. The highest BCUT2D eigenvalue weighted by Gasteiger charge is 2.11. The number of aromatic nitrogens is 2. The summed E-state index contributed by atoms with van der Waals surface area (Å²) in [5.41, 5.74) is 1.10.